The van der Waals surface area contributed by atoms with E-state index in [0.29, 0.717) is 11.1 Å². The molecule has 2 aromatic rings. The van der Waals surface area contributed by atoms with E-state index in [2.05, 4.69) is 15.5 Å². The first-order valence-corrected chi connectivity index (χ1v) is 9.25. The zero-order chi connectivity index (χ0) is 16.3. The molecule has 1 fully saturated rings. The zero-order valence-electron chi connectivity index (χ0n) is 12.6. The van der Waals surface area contributed by atoms with E-state index in [-0.39, 0.29) is 17.0 Å². The fourth-order valence-corrected chi connectivity index (χ4v) is 4.34. The van der Waals surface area contributed by atoms with Crippen LogP contribution in [-0.4, -0.2) is 28.6 Å². The standard InChI is InChI=1S/C15H17N5O2S/c16-10-12-5-4-6-13(9-12)11-23(21,22)15-17-18-19-20(15)14-7-2-1-3-8-14/h4-6,9,14H,1-3,7-8,11H2. The summed E-state index contributed by atoms with van der Waals surface area (Å²) in [6.07, 6.45) is 5.10. The maximum Gasteiger partial charge on any atom is 0.268 e. The molecule has 0 aliphatic heterocycles. The van der Waals surface area contributed by atoms with Crippen molar-refractivity contribution in [1.82, 2.24) is 20.2 Å². The number of benzene rings is 1. The van der Waals surface area contributed by atoms with Crippen LogP contribution in [0.15, 0.2) is 29.4 Å². The molecule has 1 aromatic heterocycles. The van der Waals surface area contributed by atoms with Crippen LogP contribution < -0.4 is 0 Å². The summed E-state index contributed by atoms with van der Waals surface area (Å²) in [6.45, 7) is 0. The van der Waals surface area contributed by atoms with E-state index in [1.165, 1.54) is 11.1 Å². The summed E-state index contributed by atoms with van der Waals surface area (Å²) in [6, 6.07) is 8.64. The highest BCUT2D eigenvalue weighted by Crippen LogP contribution is 2.29. The smallest absolute Gasteiger partial charge is 0.220 e. The van der Waals surface area contributed by atoms with Gasteiger partial charge in [-0.05, 0) is 41.0 Å². The molecule has 1 saturated carbocycles. The second-order valence-corrected chi connectivity index (χ2v) is 7.65. The van der Waals surface area contributed by atoms with E-state index < -0.39 is 9.84 Å². The van der Waals surface area contributed by atoms with E-state index in [1.807, 2.05) is 6.07 Å². The van der Waals surface area contributed by atoms with Gasteiger partial charge in [0.25, 0.3) is 5.16 Å². The summed E-state index contributed by atoms with van der Waals surface area (Å²) in [5.41, 5.74) is 0.992. The summed E-state index contributed by atoms with van der Waals surface area (Å²) < 4.78 is 26.8. The summed E-state index contributed by atoms with van der Waals surface area (Å²) in [4.78, 5) is 0. The Bertz CT molecular complexity index is 832. The minimum Gasteiger partial charge on any atom is -0.220 e. The van der Waals surface area contributed by atoms with Gasteiger partial charge in [-0.15, -0.1) is 0 Å². The Morgan fingerprint density at radius 3 is 2.78 bits per heavy atom. The Hall–Kier alpha value is -2.27. The Balaban J connectivity index is 1.88. The van der Waals surface area contributed by atoms with Gasteiger partial charge in [0.15, 0.2) is 0 Å². The van der Waals surface area contributed by atoms with Crippen molar-refractivity contribution in [3.8, 4) is 6.07 Å². The van der Waals surface area contributed by atoms with Crippen molar-refractivity contribution in [2.45, 2.75) is 49.1 Å². The minimum absolute atomic E-state index is 0.0500. The maximum atomic E-state index is 12.7. The first-order valence-electron chi connectivity index (χ1n) is 7.60. The third-order valence-corrected chi connectivity index (χ3v) is 5.61. The molecule has 0 atom stereocenters. The normalized spacial score (nSPS) is 16.1. The van der Waals surface area contributed by atoms with Gasteiger partial charge in [0.1, 0.15) is 0 Å². The lowest BCUT2D eigenvalue weighted by Crippen LogP contribution is -2.20. The molecule has 0 radical (unpaired) electrons. The number of nitrogens with zero attached hydrogens (tertiary/aromatic N) is 5. The molecule has 0 bridgehead atoms. The largest absolute Gasteiger partial charge is 0.268 e. The monoisotopic (exact) mass is 331 g/mol. The van der Waals surface area contributed by atoms with Gasteiger partial charge < -0.3 is 0 Å². The lowest BCUT2D eigenvalue weighted by Gasteiger charge is -2.22. The van der Waals surface area contributed by atoms with E-state index >= 15 is 0 Å². The molecular formula is C15H17N5O2S. The van der Waals surface area contributed by atoms with Crippen molar-refractivity contribution >= 4 is 9.84 Å². The first kappa shape index (κ1) is 15.6. The number of hydrogen-bond acceptors (Lipinski definition) is 6. The molecule has 1 heterocycles. The summed E-state index contributed by atoms with van der Waals surface area (Å²) in [7, 11) is -3.66. The van der Waals surface area contributed by atoms with Crippen LogP contribution in [0.25, 0.3) is 0 Å². The van der Waals surface area contributed by atoms with Gasteiger partial charge >= 0.3 is 0 Å². The van der Waals surface area contributed by atoms with Crippen molar-refractivity contribution in [3.63, 3.8) is 0 Å². The van der Waals surface area contributed by atoms with Crippen molar-refractivity contribution in [2.24, 2.45) is 0 Å². The van der Waals surface area contributed by atoms with Crippen LogP contribution in [-0.2, 0) is 15.6 Å². The first-order chi connectivity index (χ1) is 11.1. The van der Waals surface area contributed by atoms with Crippen LogP contribution in [0.1, 0.15) is 49.3 Å². The molecule has 1 aliphatic rings. The fraction of sp³-hybridized carbons (Fsp3) is 0.467. The SMILES string of the molecule is N#Cc1cccc(CS(=O)(=O)c2nnnn2C2CCCCC2)c1. The Morgan fingerprint density at radius 1 is 1.26 bits per heavy atom. The van der Waals surface area contributed by atoms with Gasteiger partial charge in [0, 0.05) is 0 Å². The molecule has 0 spiro atoms. The molecule has 7 nitrogen and oxygen atoms in total. The molecule has 0 amide bonds. The van der Waals surface area contributed by atoms with Crippen molar-refractivity contribution in [2.75, 3.05) is 0 Å². The topological polar surface area (TPSA) is 102 Å². The molecule has 1 aromatic carbocycles. The van der Waals surface area contributed by atoms with Gasteiger partial charge in [0.05, 0.1) is 23.4 Å². The molecular weight excluding hydrogens is 314 g/mol. The Labute approximate surface area is 134 Å². The number of hydrogen-bond donors (Lipinski definition) is 0. The molecule has 0 saturated heterocycles. The lowest BCUT2D eigenvalue weighted by atomic mass is 9.96. The predicted octanol–water partition coefficient (Wildman–Crippen LogP) is 2.02. The van der Waals surface area contributed by atoms with Gasteiger partial charge in [0.2, 0.25) is 9.84 Å². The van der Waals surface area contributed by atoms with Gasteiger partial charge in [-0.1, -0.05) is 36.5 Å². The fourth-order valence-electron chi connectivity index (χ4n) is 2.96. The molecule has 0 unspecified atom stereocenters. The second kappa shape index (κ2) is 6.46. The number of aromatic nitrogens is 4. The van der Waals surface area contributed by atoms with Crippen molar-refractivity contribution in [3.05, 3.63) is 35.4 Å². The van der Waals surface area contributed by atoms with Crippen LogP contribution in [0.3, 0.4) is 0 Å². The van der Waals surface area contributed by atoms with Crippen LogP contribution in [0.4, 0.5) is 0 Å². The van der Waals surface area contributed by atoms with Crippen LogP contribution in [0.5, 0.6) is 0 Å². The van der Waals surface area contributed by atoms with Crippen LogP contribution in [0, 0.1) is 11.3 Å². The van der Waals surface area contributed by atoms with E-state index in [4.69, 9.17) is 5.26 Å². The van der Waals surface area contributed by atoms with Gasteiger partial charge in [-0.3, -0.25) is 0 Å². The molecule has 1 aliphatic carbocycles. The predicted molar refractivity (Wildman–Crippen MR) is 82.0 cm³/mol. The molecule has 23 heavy (non-hydrogen) atoms. The third kappa shape index (κ3) is 3.40. The van der Waals surface area contributed by atoms with E-state index in [9.17, 15) is 8.42 Å². The highest BCUT2D eigenvalue weighted by Gasteiger charge is 2.28. The second-order valence-electron chi connectivity index (χ2n) is 5.77. The summed E-state index contributed by atoms with van der Waals surface area (Å²) >= 11 is 0. The number of tetrazole rings is 1. The molecule has 0 N–H and O–H groups in total. The average Bonchev–Trinajstić information content (AvgIpc) is 3.06. The molecule has 120 valence electrons. The lowest BCUT2D eigenvalue weighted by molar-refractivity contribution is 0.305. The number of sulfone groups is 1. The highest BCUT2D eigenvalue weighted by atomic mass is 32.2. The summed E-state index contributed by atoms with van der Waals surface area (Å²) in [5, 5.41) is 20.1. The van der Waals surface area contributed by atoms with E-state index in [1.54, 1.807) is 24.3 Å². The van der Waals surface area contributed by atoms with Gasteiger partial charge in [-0.2, -0.15) is 5.26 Å². The third-order valence-electron chi connectivity index (χ3n) is 4.07. The number of rotatable bonds is 4. The van der Waals surface area contributed by atoms with E-state index in [0.717, 1.165) is 25.7 Å². The zero-order valence-corrected chi connectivity index (χ0v) is 13.4. The van der Waals surface area contributed by atoms with Crippen molar-refractivity contribution in [1.29, 1.82) is 5.26 Å². The van der Waals surface area contributed by atoms with Crippen LogP contribution in [0.2, 0.25) is 0 Å². The van der Waals surface area contributed by atoms with Gasteiger partial charge in [-0.25, -0.2) is 13.1 Å². The maximum absolute atomic E-state index is 12.7. The average molecular weight is 331 g/mol. The Kier molecular flexibility index (Phi) is 4.39. The molecule has 3 rings (SSSR count). The van der Waals surface area contributed by atoms with Crippen LogP contribution >= 0.6 is 0 Å². The quantitative estimate of drug-likeness (QED) is 0.849. The minimum atomic E-state index is -3.66. The summed E-state index contributed by atoms with van der Waals surface area (Å²) in [5.74, 6) is -0.213. The Morgan fingerprint density at radius 2 is 2.04 bits per heavy atom. The molecule has 8 heteroatoms. The highest BCUT2D eigenvalue weighted by molar-refractivity contribution is 7.90. The number of nitriles is 1. The van der Waals surface area contributed by atoms with Crippen molar-refractivity contribution < 1.29 is 8.42 Å².